The molecule has 4 heterocycles. The van der Waals surface area contributed by atoms with Crippen LogP contribution in [0.4, 0.5) is 8.78 Å². The normalized spacial score (nSPS) is 33.7. The summed E-state index contributed by atoms with van der Waals surface area (Å²) >= 11 is 0. The number of halogens is 2. The van der Waals surface area contributed by atoms with E-state index in [0.29, 0.717) is 11.6 Å². The number of amidine groups is 1. The summed E-state index contributed by atoms with van der Waals surface area (Å²) in [6.07, 6.45) is 7.94. The lowest BCUT2D eigenvalue weighted by molar-refractivity contribution is 0.144. The van der Waals surface area contributed by atoms with Gasteiger partial charge in [0.2, 0.25) is 0 Å². The third kappa shape index (κ3) is 2.01. The second kappa shape index (κ2) is 5.12. The first kappa shape index (κ1) is 14.1. The van der Waals surface area contributed by atoms with Crippen molar-refractivity contribution in [2.45, 2.75) is 43.8 Å². The van der Waals surface area contributed by atoms with E-state index in [2.05, 4.69) is 20.2 Å². The number of aliphatic imine (C=N–C) groups is 1. The molecule has 1 saturated carbocycles. The fourth-order valence-corrected chi connectivity index (χ4v) is 4.41. The number of hydrazone groups is 1. The van der Waals surface area contributed by atoms with Crippen molar-refractivity contribution in [2.75, 3.05) is 6.54 Å². The first-order chi connectivity index (χ1) is 11.7. The number of hydrogen-bond donors (Lipinski definition) is 1. The van der Waals surface area contributed by atoms with Crippen LogP contribution in [0.1, 0.15) is 42.9 Å². The van der Waals surface area contributed by atoms with Crippen molar-refractivity contribution in [3.63, 3.8) is 0 Å². The van der Waals surface area contributed by atoms with Gasteiger partial charge in [-0.2, -0.15) is 10.2 Å². The van der Waals surface area contributed by atoms with E-state index in [-0.39, 0.29) is 17.8 Å². The van der Waals surface area contributed by atoms with E-state index in [4.69, 9.17) is 4.99 Å². The zero-order valence-corrected chi connectivity index (χ0v) is 13.0. The van der Waals surface area contributed by atoms with Crippen molar-refractivity contribution in [1.82, 2.24) is 20.1 Å². The second-order valence-corrected chi connectivity index (χ2v) is 6.91. The maximum Gasteiger partial charge on any atom is 0.280 e. The predicted octanol–water partition coefficient (Wildman–Crippen LogP) is 2.47. The van der Waals surface area contributed by atoms with Crippen LogP contribution in [0.2, 0.25) is 0 Å². The molecule has 1 aromatic rings. The average Bonchev–Trinajstić information content (AvgIpc) is 3.35. The van der Waals surface area contributed by atoms with Gasteiger partial charge in [-0.15, -0.1) is 0 Å². The number of hydrogen-bond acceptors (Lipinski definition) is 5. The van der Waals surface area contributed by atoms with Crippen LogP contribution in [0, 0.1) is 5.92 Å². The van der Waals surface area contributed by atoms with Crippen molar-refractivity contribution >= 4 is 12.1 Å². The molecule has 1 aromatic heterocycles. The molecule has 1 saturated heterocycles. The zero-order valence-electron chi connectivity index (χ0n) is 13.0. The van der Waals surface area contributed by atoms with Gasteiger partial charge in [0.15, 0.2) is 6.17 Å². The first-order valence-electron chi connectivity index (χ1n) is 8.37. The Balaban J connectivity index is 1.45. The van der Waals surface area contributed by atoms with Crippen LogP contribution >= 0.6 is 0 Å². The number of alkyl halides is 2. The Morgan fingerprint density at radius 1 is 1.29 bits per heavy atom. The van der Waals surface area contributed by atoms with Crippen LogP contribution in [-0.2, 0) is 0 Å². The van der Waals surface area contributed by atoms with E-state index in [1.807, 2.05) is 12.3 Å². The summed E-state index contributed by atoms with van der Waals surface area (Å²) in [6.45, 7) is 1.06. The van der Waals surface area contributed by atoms with Gasteiger partial charge in [0.25, 0.3) is 6.43 Å². The molecule has 4 aliphatic rings. The number of rotatable bonds is 2. The van der Waals surface area contributed by atoms with Crippen LogP contribution in [0.5, 0.6) is 0 Å². The molecule has 8 heteroatoms. The third-order valence-electron chi connectivity index (χ3n) is 5.57. The molecular weight excluding hydrogens is 314 g/mol. The van der Waals surface area contributed by atoms with Gasteiger partial charge in [0.05, 0.1) is 12.1 Å². The third-order valence-corrected chi connectivity index (χ3v) is 5.57. The monoisotopic (exact) mass is 332 g/mol. The highest BCUT2D eigenvalue weighted by atomic mass is 19.3. The molecule has 5 rings (SSSR count). The highest BCUT2D eigenvalue weighted by Crippen LogP contribution is 2.39. The van der Waals surface area contributed by atoms with E-state index < -0.39 is 6.43 Å². The van der Waals surface area contributed by atoms with Gasteiger partial charge in [-0.25, -0.2) is 18.8 Å². The van der Waals surface area contributed by atoms with Gasteiger partial charge in [-0.3, -0.25) is 5.10 Å². The van der Waals surface area contributed by atoms with E-state index in [0.717, 1.165) is 18.3 Å². The Labute approximate surface area is 137 Å². The number of aromatic amines is 1. The maximum absolute atomic E-state index is 13.2. The molecule has 6 nitrogen and oxygen atoms in total. The van der Waals surface area contributed by atoms with Crippen LogP contribution in [0.15, 0.2) is 28.6 Å². The summed E-state index contributed by atoms with van der Waals surface area (Å²) in [5.41, 5.74) is 0.336. The van der Waals surface area contributed by atoms with Crippen LogP contribution in [0.3, 0.4) is 0 Å². The Morgan fingerprint density at radius 2 is 2.21 bits per heavy atom. The van der Waals surface area contributed by atoms with Crippen molar-refractivity contribution in [2.24, 2.45) is 16.0 Å². The summed E-state index contributed by atoms with van der Waals surface area (Å²) in [5.74, 6) is 1.42. The minimum absolute atomic E-state index is 0.139. The lowest BCUT2D eigenvalue weighted by atomic mass is 9.98. The standard InChI is InChI=1S/C16H18F2N6/c17-15(18)14-11(6-19-22-14)12-7-20-24-4-3-13(21-16(12)24)23-8-9-1-2-10(23)5-9/h3-4,6-7,9-10,12,15-16H,1-2,5,8H2,(H,19,22). The lowest BCUT2D eigenvalue weighted by Gasteiger charge is -2.33. The molecule has 0 spiro atoms. The minimum atomic E-state index is -2.58. The topological polar surface area (TPSA) is 59.9 Å². The molecule has 1 aliphatic carbocycles. The van der Waals surface area contributed by atoms with E-state index in [1.165, 1.54) is 25.5 Å². The quantitative estimate of drug-likeness (QED) is 0.905. The number of nitrogens with one attached hydrogen (secondary N) is 1. The minimum Gasteiger partial charge on any atom is -0.354 e. The lowest BCUT2D eigenvalue weighted by Crippen LogP contribution is -2.41. The Bertz CT molecular complexity index is 739. The van der Waals surface area contributed by atoms with Gasteiger partial charge in [-0.1, -0.05) is 0 Å². The van der Waals surface area contributed by atoms with Gasteiger partial charge in [0, 0.05) is 30.6 Å². The highest BCUT2D eigenvalue weighted by molar-refractivity contribution is 5.94. The fraction of sp³-hybridized carbons (Fsp3) is 0.562. The summed E-state index contributed by atoms with van der Waals surface area (Å²) < 4.78 is 26.4. The Hall–Kier alpha value is -2.25. The zero-order chi connectivity index (χ0) is 16.3. The summed E-state index contributed by atoms with van der Waals surface area (Å²) in [6, 6.07) is 0.580. The van der Waals surface area contributed by atoms with Crippen molar-refractivity contribution in [3.8, 4) is 0 Å². The van der Waals surface area contributed by atoms with Crippen molar-refractivity contribution < 1.29 is 8.78 Å². The second-order valence-electron chi connectivity index (χ2n) is 6.91. The average molecular weight is 332 g/mol. The number of fused-ring (bicyclic) bond motifs is 3. The van der Waals surface area contributed by atoms with E-state index >= 15 is 0 Å². The molecule has 126 valence electrons. The number of aromatic nitrogens is 2. The maximum atomic E-state index is 13.2. The van der Waals surface area contributed by atoms with Crippen molar-refractivity contribution in [3.05, 3.63) is 29.7 Å². The molecule has 0 amide bonds. The smallest absolute Gasteiger partial charge is 0.280 e. The summed E-state index contributed by atoms with van der Waals surface area (Å²) in [4.78, 5) is 7.23. The molecule has 4 atom stereocenters. The highest BCUT2D eigenvalue weighted by Gasteiger charge is 2.41. The number of piperidine rings is 1. The van der Waals surface area contributed by atoms with Gasteiger partial charge in [0.1, 0.15) is 11.5 Å². The molecule has 1 N–H and O–H groups in total. The summed E-state index contributed by atoms with van der Waals surface area (Å²) in [5, 5.41) is 12.3. The van der Waals surface area contributed by atoms with Crippen molar-refractivity contribution in [1.29, 1.82) is 0 Å². The van der Waals surface area contributed by atoms with E-state index in [1.54, 1.807) is 11.2 Å². The number of nitrogens with zero attached hydrogens (tertiary/aromatic N) is 5. The molecule has 0 radical (unpaired) electrons. The van der Waals surface area contributed by atoms with E-state index in [9.17, 15) is 8.78 Å². The molecule has 24 heavy (non-hydrogen) atoms. The molecule has 3 aliphatic heterocycles. The number of H-pyrrole nitrogens is 1. The molecular formula is C16H18F2N6. The fourth-order valence-electron chi connectivity index (χ4n) is 4.41. The first-order valence-corrected chi connectivity index (χ1v) is 8.37. The molecule has 0 aromatic carbocycles. The predicted molar refractivity (Wildman–Crippen MR) is 84.8 cm³/mol. The van der Waals surface area contributed by atoms with Crippen LogP contribution in [-0.4, -0.2) is 50.9 Å². The van der Waals surface area contributed by atoms with Crippen LogP contribution in [0.25, 0.3) is 0 Å². The van der Waals surface area contributed by atoms with Gasteiger partial charge in [-0.05, 0) is 31.3 Å². The SMILES string of the molecule is FC(F)c1[nH]ncc1C1C=NN2C=CC(N3CC4CCC3C4)=NC12. The largest absolute Gasteiger partial charge is 0.354 e. The Kier molecular flexibility index (Phi) is 3.01. The number of likely N-dealkylation sites (tertiary alicyclic amines) is 1. The molecule has 2 fully saturated rings. The Morgan fingerprint density at radius 3 is 2.96 bits per heavy atom. The van der Waals surface area contributed by atoms with Gasteiger partial charge >= 0.3 is 0 Å². The molecule has 2 bridgehead atoms. The van der Waals surface area contributed by atoms with Crippen LogP contribution < -0.4 is 0 Å². The molecule has 4 unspecified atom stereocenters. The van der Waals surface area contributed by atoms with Gasteiger partial charge < -0.3 is 4.90 Å². The summed E-state index contributed by atoms with van der Waals surface area (Å²) in [7, 11) is 0.